The van der Waals surface area contributed by atoms with E-state index in [9.17, 15) is 13.6 Å². The predicted molar refractivity (Wildman–Crippen MR) is 70.1 cm³/mol. The topological polar surface area (TPSA) is 29.1 Å². The molecule has 0 aliphatic rings. The zero-order valence-electron chi connectivity index (χ0n) is 9.79. The Labute approximate surface area is 114 Å². The minimum atomic E-state index is -1.07. The second-order valence-electron chi connectivity index (χ2n) is 3.96. The van der Waals surface area contributed by atoms with Crippen LogP contribution in [0.1, 0.15) is 5.56 Å². The first-order valence-electron chi connectivity index (χ1n) is 5.54. The van der Waals surface area contributed by atoms with Crippen molar-refractivity contribution >= 4 is 23.2 Å². The molecule has 2 rings (SSSR count). The lowest BCUT2D eigenvalue weighted by Gasteiger charge is -2.07. The fraction of sp³-hybridized carbons (Fsp3) is 0.0714. The molecule has 2 aromatic carbocycles. The van der Waals surface area contributed by atoms with Gasteiger partial charge >= 0.3 is 0 Å². The van der Waals surface area contributed by atoms with Crippen LogP contribution in [0.3, 0.4) is 0 Å². The summed E-state index contributed by atoms with van der Waals surface area (Å²) in [7, 11) is 0. The molecule has 1 N–H and O–H groups in total. The van der Waals surface area contributed by atoms with E-state index in [2.05, 4.69) is 5.32 Å². The van der Waals surface area contributed by atoms with Crippen LogP contribution in [-0.2, 0) is 11.2 Å². The maximum absolute atomic E-state index is 13.4. The summed E-state index contributed by atoms with van der Waals surface area (Å²) in [6.07, 6.45) is 0.0382. The predicted octanol–water partition coefficient (Wildman–Crippen LogP) is 3.80. The van der Waals surface area contributed by atoms with Gasteiger partial charge in [-0.25, -0.2) is 8.78 Å². The molecule has 0 saturated carbocycles. The quantitative estimate of drug-likeness (QED) is 0.911. The number of hydrogen-bond donors (Lipinski definition) is 1. The summed E-state index contributed by atoms with van der Waals surface area (Å²) in [5.41, 5.74) is 0.522. The van der Waals surface area contributed by atoms with Crippen LogP contribution in [0, 0.1) is 11.6 Å². The zero-order chi connectivity index (χ0) is 13.8. The molecule has 98 valence electrons. The number of benzene rings is 2. The molecule has 0 fully saturated rings. The first-order chi connectivity index (χ1) is 9.06. The van der Waals surface area contributed by atoms with Crippen molar-refractivity contribution in [2.24, 2.45) is 0 Å². The summed E-state index contributed by atoms with van der Waals surface area (Å²) in [6.45, 7) is 0. The van der Waals surface area contributed by atoms with E-state index >= 15 is 0 Å². The van der Waals surface area contributed by atoms with Gasteiger partial charge in [-0.3, -0.25) is 4.79 Å². The average Bonchev–Trinajstić information content (AvgIpc) is 2.35. The third kappa shape index (κ3) is 3.51. The van der Waals surface area contributed by atoms with Crippen molar-refractivity contribution in [3.8, 4) is 0 Å². The molecular weight excluding hydrogens is 272 g/mol. The normalized spacial score (nSPS) is 10.3. The molecule has 1 amide bonds. The van der Waals surface area contributed by atoms with Gasteiger partial charge in [0.05, 0.1) is 12.1 Å². The van der Waals surface area contributed by atoms with Crippen LogP contribution in [0.25, 0.3) is 0 Å². The molecule has 2 aromatic rings. The third-order valence-corrected chi connectivity index (χ3v) is 2.71. The zero-order valence-corrected chi connectivity index (χ0v) is 10.5. The van der Waals surface area contributed by atoms with Crippen molar-refractivity contribution in [3.05, 3.63) is 64.7 Å². The molecule has 2 nitrogen and oxygen atoms in total. The van der Waals surface area contributed by atoms with Crippen molar-refractivity contribution in [3.63, 3.8) is 0 Å². The van der Waals surface area contributed by atoms with Gasteiger partial charge in [-0.1, -0.05) is 29.8 Å². The van der Waals surface area contributed by atoms with Crippen LogP contribution in [0.4, 0.5) is 14.5 Å². The number of carbonyl (C=O) groups is 1. The summed E-state index contributed by atoms with van der Waals surface area (Å²) in [5.74, 6) is -2.51. The Morgan fingerprint density at radius 1 is 1.16 bits per heavy atom. The van der Waals surface area contributed by atoms with E-state index in [1.54, 1.807) is 24.3 Å². The first-order valence-corrected chi connectivity index (χ1v) is 5.92. The summed E-state index contributed by atoms with van der Waals surface area (Å²) in [4.78, 5) is 11.7. The van der Waals surface area contributed by atoms with Crippen molar-refractivity contribution in [1.82, 2.24) is 0 Å². The summed E-state index contributed by atoms with van der Waals surface area (Å²) in [5, 5.41) is 2.84. The second-order valence-corrected chi connectivity index (χ2v) is 4.39. The highest BCUT2D eigenvalue weighted by atomic mass is 35.5. The molecule has 0 spiro atoms. The Kier molecular flexibility index (Phi) is 4.12. The van der Waals surface area contributed by atoms with Crippen LogP contribution in [0.15, 0.2) is 42.5 Å². The number of hydrogen-bond acceptors (Lipinski definition) is 1. The van der Waals surface area contributed by atoms with Gasteiger partial charge < -0.3 is 5.32 Å². The monoisotopic (exact) mass is 281 g/mol. The second kappa shape index (κ2) is 5.80. The Hall–Kier alpha value is -1.94. The summed E-state index contributed by atoms with van der Waals surface area (Å²) >= 11 is 5.79. The molecular formula is C14H10ClF2NO. The van der Waals surface area contributed by atoms with Crippen LogP contribution in [0.2, 0.25) is 5.02 Å². The van der Waals surface area contributed by atoms with Gasteiger partial charge in [0.1, 0.15) is 0 Å². The van der Waals surface area contributed by atoms with Crippen molar-refractivity contribution < 1.29 is 13.6 Å². The lowest BCUT2D eigenvalue weighted by atomic mass is 10.1. The SMILES string of the molecule is O=C(Cc1cccc(Cl)c1)Nc1cccc(F)c1F. The van der Waals surface area contributed by atoms with Gasteiger partial charge in [-0.15, -0.1) is 0 Å². The number of carbonyl (C=O) groups excluding carboxylic acids is 1. The van der Waals surface area contributed by atoms with Gasteiger partial charge in [0.2, 0.25) is 5.91 Å². The number of rotatable bonds is 3. The van der Waals surface area contributed by atoms with Gasteiger partial charge in [0, 0.05) is 5.02 Å². The van der Waals surface area contributed by atoms with E-state index in [-0.39, 0.29) is 12.1 Å². The van der Waals surface area contributed by atoms with E-state index in [4.69, 9.17) is 11.6 Å². The number of amides is 1. The van der Waals surface area contributed by atoms with Crippen LogP contribution >= 0.6 is 11.6 Å². The first kappa shape index (κ1) is 13.5. The maximum Gasteiger partial charge on any atom is 0.228 e. The van der Waals surface area contributed by atoms with Crippen molar-refractivity contribution in [2.75, 3.05) is 5.32 Å². The van der Waals surface area contributed by atoms with E-state index in [1.807, 2.05) is 0 Å². The lowest BCUT2D eigenvalue weighted by Crippen LogP contribution is -2.15. The molecule has 0 radical (unpaired) electrons. The molecule has 0 bridgehead atoms. The van der Waals surface area contributed by atoms with Crippen LogP contribution in [-0.4, -0.2) is 5.91 Å². The largest absolute Gasteiger partial charge is 0.323 e. The minimum Gasteiger partial charge on any atom is -0.323 e. The Morgan fingerprint density at radius 2 is 1.89 bits per heavy atom. The average molecular weight is 282 g/mol. The molecule has 0 aliphatic carbocycles. The highest BCUT2D eigenvalue weighted by molar-refractivity contribution is 6.30. The highest BCUT2D eigenvalue weighted by Gasteiger charge is 2.11. The number of nitrogens with one attached hydrogen (secondary N) is 1. The van der Waals surface area contributed by atoms with Gasteiger partial charge in [0.25, 0.3) is 0 Å². The molecule has 0 unspecified atom stereocenters. The lowest BCUT2D eigenvalue weighted by molar-refractivity contribution is -0.115. The molecule has 5 heteroatoms. The molecule has 19 heavy (non-hydrogen) atoms. The van der Waals surface area contributed by atoms with Crippen molar-refractivity contribution in [1.29, 1.82) is 0 Å². The maximum atomic E-state index is 13.4. The highest BCUT2D eigenvalue weighted by Crippen LogP contribution is 2.17. The fourth-order valence-corrected chi connectivity index (χ4v) is 1.84. The molecule has 0 heterocycles. The molecule has 0 aromatic heterocycles. The minimum absolute atomic E-state index is 0.0382. The third-order valence-electron chi connectivity index (χ3n) is 2.48. The standard InChI is InChI=1S/C14H10ClF2NO/c15-10-4-1-3-9(7-10)8-13(19)18-12-6-2-5-11(16)14(12)17/h1-7H,8H2,(H,18,19). The smallest absolute Gasteiger partial charge is 0.228 e. The van der Waals surface area contributed by atoms with E-state index in [0.29, 0.717) is 10.6 Å². The number of halogens is 3. The van der Waals surface area contributed by atoms with Gasteiger partial charge in [0.15, 0.2) is 11.6 Å². The summed E-state index contributed by atoms with van der Waals surface area (Å²) < 4.78 is 26.3. The van der Waals surface area contributed by atoms with Gasteiger partial charge in [-0.2, -0.15) is 0 Å². The Bertz CT molecular complexity index is 616. The molecule has 0 aliphatic heterocycles. The van der Waals surface area contributed by atoms with Crippen molar-refractivity contribution in [2.45, 2.75) is 6.42 Å². The molecule has 0 saturated heterocycles. The summed E-state index contributed by atoms with van der Waals surface area (Å²) in [6, 6.07) is 10.4. The van der Waals surface area contributed by atoms with Crippen LogP contribution in [0.5, 0.6) is 0 Å². The fourth-order valence-electron chi connectivity index (χ4n) is 1.63. The number of anilines is 1. The van der Waals surface area contributed by atoms with Crippen LogP contribution < -0.4 is 5.32 Å². The van der Waals surface area contributed by atoms with E-state index in [0.717, 1.165) is 6.07 Å². The van der Waals surface area contributed by atoms with E-state index < -0.39 is 17.5 Å². The van der Waals surface area contributed by atoms with E-state index in [1.165, 1.54) is 12.1 Å². The Balaban J connectivity index is 2.08. The van der Waals surface area contributed by atoms with Gasteiger partial charge in [-0.05, 0) is 29.8 Å². The Morgan fingerprint density at radius 3 is 2.63 bits per heavy atom. The molecule has 0 atom stereocenters.